The summed E-state index contributed by atoms with van der Waals surface area (Å²) >= 11 is 6.18. The predicted octanol–water partition coefficient (Wildman–Crippen LogP) is 4.55. The summed E-state index contributed by atoms with van der Waals surface area (Å²) in [6, 6.07) is 3.52. The Morgan fingerprint density at radius 3 is 2.44 bits per heavy atom. The van der Waals surface area contributed by atoms with E-state index in [1.54, 1.807) is 0 Å². The third-order valence-electron chi connectivity index (χ3n) is 2.61. The Morgan fingerprint density at radius 2 is 1.88 bits per heavy atom. The highest BCUT2D eigenvalue weighted by molar-refractivity contribution is 6.21. The first-order valence-electron chi connectivity index (χ1n) is 5.38. The molecular formula is C13H17ClF2. The van der Waals surface area contributed by atoms with Gasteiger partial charge in [-0.3, -0.25) is 0 Å². The first kappa shape index (κ1) is 13.4. The van der Waals surface area contributed by atoms with Crippen LogP contribution in [0.15, 0.2) is 18.2 Å². The van der Waals surface area contributed by atoms with Gasteiger partial charge in [-0.2, -0.15) is 0 Å². The lowest BCUT2D eigenvalue weighted by Crippen LogP contribution is -2.21. The van der Waals surface area contributed by atoms with Gasteiger partial charge in [0.15, 0.2) is 0 Å². The molecule has 3 heteroatoms. The maximum Gasteiger partial charge on any atom is 0.126 e. The van der Waals surface area contributed by atoms with Crippen molar-refractivity contribution in [3.8, 4) is 0 Å². The molecule has 0 aliphatic rings. The third kappa shape index (κ3) is 3.75. The van der Waals surface area contributed by atoms with Crippen molar-refractivity contribution in [1.82, 2.24) is 0 Å². The molecule has 0 nitrogen and oxygen atoms in total. The molecule has 0 aromatic heterocycles. The fraction of sp³-hybridized carbons (Fsp3) is 0.538. The first-order valence-corrected chi connectivity index (χ1v) is 5.82. The van der Waals surface area contributed by atoms with Crippen molar-refractivity contribution >= 4 is 11.6 Å². The van der Waals surface area contributed by atoms with Crippen molar-refractivity contribution in [1.29, 1.82) is 0 Å². The molecule has 1 aromatic carbocycles. The summed E-state index contributed by atoms with van der Waals surface area (Å²) in [6.07, 6.45) is 1.11. The van der Waals surface area contributed by atoms with Crippen LogP contribution in [-0.4, -0.2) is 5.38 Å². The number of benzene rings is 1. The van der Waals surface area contributed by atoms with Gasteiger partial charge in [0.1, 0.15) is 11.6 Å². The molecule has 16 heavy (non-hydrogen) atoms. The molecule has 1 aromatic rings. The van der Waals surface area contributed by atoms with Gasteiger partial charge in [0.05, 0.1) is 0 Å². The van der Waals surface area contributed by atoms with Gasteiger partial charge < -0.3 is 0 Å². The lowest BCUT2D eigenvalue weighted by atomic mass is 9.88. The molecule has 0 spiro atoms. The van der Waals surface area contributed by atoms with E-state index in [9.17, 15) is 8.78 Å². The first-order chi connectivity index (χ1) is 7.30. The van der Waals surface area contributed by atoms with Crippen molar-refractivity contribution in [2.75, 3.05) is 0 Å². The molecule has 0 radical (unpaired) electrons. The van der Waals surface area contributed by atoms with Gasteiger partial charge in [-0.1, -0.05) is 20.8 Å². The minimum atomic E-state index is -0.404. The smallest absolute Gasteiger partial charge is 0.126 e. The van der Waals surface area contributed by atoms with Gasteiger partial charge in [-0.25, -0.2) is 8.78 Å². The van der Waals surface area contributed by atoms with E-state index < -0.39 is 5.82 Å². The summed E-state index contributed by atoms with van der Waals surface area (Å²) < 4.78 is 26.2. The maximum atomic E-state index is 13.3. The van der Waals surface area contributed by atoms with Crippen LogP contribution >= 0.6 is 11.6 Å². The summed E-state index contributed by atoms with van der Waals surface area (Å²) in [5, 5.41) is -0.0461. The van der Waals surface area contributed by atoms with Gasteiger partial charge in [0.25, 0.3) is 0 Å². The minimum Gasteiger partial charge on any atom is -0.207 e. The number of alkyl halides is 1. The van der Waals surface area contributed by atoms with Gasteiger partial charge >= 0.3 is 0 Å². The van der Waals surface area contributed by atoms with E-state index in [2.05, 4.69) is 0 Å². The van der Waals surface area contributed by atoms with E-state index in [4.69, 9.17) is 11.6 Å². The monoisotopic (exact) mass is 246 g/mol. The molecule has 0 aliphatic carbocycles. The topological polar surface area (TPSA) is 0 Å². The van der Waals surface area contributed by atoms with Crippen molar-refractivity contribution in [3.63, 3.8) is 0 Å². The predicted molar refractivity (Wildman–Crippen MR) is 63.8 cm³/mol. The van der Waals surface area contributed by atoms with Crippen LogP contribution in [0.4, 0.5) is 8.78 Å². The van der Waals surface area contributed by atoms with Gasteiger partial charge in [0.2, 0.25) is 0 Å². The lowest BCUT2D eigenvalue weighted by molar-refractivity contribution is 0.373. The second-order valence-corrected chi connectivity index (χ2v) is 5.63. The molecule has 90 valence electrons. The van der Waals surface area contributed by atoms with Crippen LogP contribution in [0.25, 0.3) is 0 Å². The quantitative estimate of drug-likeness (QED) is 0.687. The number of hydrogen-bond donors (Lipinski definition) is 0. The van der Waals surface area contributed by atoms with E-state index >= 15 is 0 Å². The van der Waals surface area contributed by atoms with Crippen LogP contribution in [-0.2, 0) is 6.42 Å². The molecule has 0 heterocycles. The van der Waals surface area contributed by atoms with Gasteiger partial charge in [-0.05, 0) is 42.0 Å². The van der Waals surface area contributed by atoms with Crippen molar-refractivity contribution in [3.05, 3.63) is 35.4 Å². The summed E-state index contributed by atoms with van der Waals surface area (Å²) in [7, 11) is 0. The average Bonchev–Trinajstić information content (AvgIpc) is 2.17. The Bertz CT molecular complexity index is 355. The Labute approximate surface area is 101 Å². The van der Waals surface area contributed by atoms with Crippen LogP contribution in [0, 0.1) is 17.0 Å². The van der Waals surface area contributed by atoms with E-state index in [0.29, 0.717) is 18.4 Å². The third-order valence-corrected chi connectivity index (χ3v) is 3.49. The molecule has 0 aliphatic heterocycles. The number of halogens is 3. The normalized spacial score (nSPS) is 13.9. The number of hydrogen-bond acceptors (Lipinski definition) is 0. The molecule has 0 saturated carbocycles. The highest BCUT2D eigenvalue weighted by atomic mass is 35.5. The summed E-state index contributed by atoms with van der Waals surface area (Å²) in [6.45, 7) is 6.10. The highest BCUT2D eigenvalue weighted by Crippen LogP contribution is 2.28. The SMILES string of the molecule is CC(C)(C)C(Cl)CCc1cc(F)ccc1F. The van der Waals surface area contributed by atoms with Crippen molar-refractivity contribution in [2.45, 2.75) is 39.0 Å². The minimum absolute atomic E-state index is 0.0225. The molecule has 0 N–H and O–H groups in total. The lowest BCUT2D eigenvalue weighted by Gasteiger charge is -2.25. The molecule has 0 saturated heterocycles. The zero-order chi connectivity index (χ0) is 12.3. The zero-order valence-electron chi connectivity index (χ0n) is 9.86. The molecule has 0 amide bonds. The van der Waals surface area contributed by atoms with Gasteiger partial charge in [0, 0.05) is 5.38 Å². The van der Waals surface area contributed by atoms with Crippen molar-refractivity contribution in [2.24, 2.45) is 5.41 Å². The second-order valence-electron chi connectivity index (χ2n) is 5.11. The Morgan fingerprint density at radius 1 is 1.25 bits per heavy atom. The van der Waals surface area contributed by atoms with E-state index in [-0.39, 0.29) is 16.6 Å². The standard InChI is InChI=1S/C13H17ClF2/c1-13(2,3)12(14)7-4-9-8-10(15)5-6-11(9)16/h5-6,8,12H,4,7H2,1-3H3. The Hall–Kier alpha value is -0.630. The van der Waals surface area contributed by atoms with Gasteiger partial charge in [-0.15, -0.1) is 11.6 Å². The summed E-state index contributed by atoms with van der Waals surface area (Å²) in [4.78, 5) is 0. The number of rotatable bonds is 3. The van der Waals surface area contributed by atoms with E-state index in [0.717, 1.165) is 12.1 Å². The molecule has 1 unspecified atom stereocenters. The largest absolute Gasteiger partial charge is 0.207 e. The van der Waals surface area contributed by atoms with Crippen LogP contribution in [0.3, 0.4) is 0 Å². The number of aryl methyl sites for hydroxylation is 1. The molecular weight excluding hydrogens is 230 g/mol. The molecule has 0 fully saturated rings. The Kier molecular flexibility index (Phi) is 4.31. The Balaban J connectivity index is 2.64. The van der Waals surface area contributed by atoms with Crippen LogP contribution in [0.1, 0.15) is 32.8 Å². The average molecular weight is 247 g/mol. The van der Waals surface area contributed by atoms with Crippen LogP contribution < -0.4 is 0 Å². The fourth-order valence-electron chi connectivity index (χ4n) is 1.45. The highest BCUT2D eigenvalue weighted by Gasteiger charge is 2.22. The second kappa shape index (κ2) is 5.13. The molecule has 0 bridgehead atoms. The van der Waals surface area contributed by atoms with E-state index in [1.165, 1.54) is 6.07 Å². The van der Waals surface area contributed by atoms with Crippen LogP contribution in [0.5, 0.6) is 0 Å². The molecule has 1 atom stereocenters. The van der Waals surface area contributed by atoms with Crippen molar-refractivity contribution < 1.29 is 8.78 Å². The van der Waals surface area contributed by atoms with Crippen LogP contribution in [0.2, 0.25) is 0 Å². The molecule has 1 rings (SSSR count). The summed E-state index contributed by atoms with van der Waals surface area (Å²) in [5.41, 5.74) is 0.376. The fourth-order valence-corrected chi connectivity index (χ4v) is 1.56. The maximum absolute atomic E-state index is 13.3. The summed E-state index contributed by atoms with van der Waals surface area (Å²) in [5.74, 6) is -0.766. The van der Waals surface area contributed by atoms with E-state index in [1.807, 2.05) is 20.8 Å². The zero-order valence-corrected chi connectivity index (χ0v) is 10.6.